The maximum Gasteiger partial charge on any atom is 0.116 e. The van der Waals surface area contributed by atoms with Gasteiger partial charge in [-0.05, 0) is 25.5 Å². The van der Waals surface area contributed by atoms with Crippen LogP contribution in [0, 0.1) is 5.92 Å². The van der Waals surface area contributed by atoms with Crippen LogP contribution >= 0.6 is 0 Å². The van der Waals surface area contributed by atoms with Gasteiger partial charge in [0.05, 0.1) is 6.04 Å². The van der Waals surface area contributed by atoms with Gasteiger partial charge in [-0.15, -0.1) is 0 Å². The number of amidine groups is 1. The molecule has 0 N–H and O–H groups in total. The highest BCUT2D eigenvalue weighted by molar-refractivity contribution is 5.88. The van der Waals surface area contributed by atoms with E-state index in [9.17, 15) is 0 Å². The molecule has 1 aromatic rings. The van der Waals surface area contributed by atoms with Gasteiger partial charge in [-0.2, -0.15) is 0 Å². The fraction of sp³-hybridized carbons (Fsp3) is 0.545. The fourth-order valence-electron chi connectivity index (χ4n) is 4.03. The van der Waals surface area contributed by atoms with Crippen molar-refractivity contribution in [2.24, 2.45) is 15.9 Å². The molecule has 0 aliphatic carbocycles. The molecule has 0 amide bonds. The van der Waals surface area contributed by atoms with Crippen LogP contribution in [-0.4, -0.2) is 86.7 Å². The molecule has 0 radical (unpaired) electrons. The van der Waals surface area contributed by atoms with Crippen LogP contribution in [0.2, 0.25) is 0 Å². The van der Waals surface area contributed by atoms with Crippen LogP contribution < -0.4 is 0 Å². The van der Waals surface area contributed by atoms with Crippen molar-refractivity contribution < 1.29 is 0 Å². The highest BCUT2D eigenvalue weighted by Crippen LogP contribution is 2.23. The lowest BCUT2D eigenvalue weighted by atomic mass is 9.91. The van der Waals surface area contributed by atoms with E-state index >= 15 is 0 Å². The number of aliphatic imine (C=N–C) groups is 2. The average molecular weight is 368 g/mol. The minimum absolute atomic E-state index is 0.312. The summed E-state index contributed by atoms with van der Waals surface area (Å²) in [5.74, 6) is 1.63. The largest absolute Gasteiger partial charge is 0.362 e. The molecule has 1 saturated heterocycles. The average Bonchev–Trinajstić information content (AvgIpc) is 2.72. The molecule has 2 heterocycles. The van der Waals surface area contributed by atoms with Gasteiger partial charge in [0.15, 0.2) is 0 Å². The number of hydrogen-bond donors (Lipinski definition) is 0. The summed E-state index contributed by atoms with van der Waals surface area (Å²) in [6.07, 6.45) is 8.28. The van der Waals surface area contributed by atoms with Gasteiger partial charge >= 0.3 is 0 Å². The van der Waals surface area contributed by atoms with Crippen LogP contribution in [0.5, 0.6) is 0 Å². The molecular formula is C22H33N5. The van der Waals surface area contributed by atoms with Crippen molar-refractivity contribution in [2.75, 3.05) is 53.9 Å². The maximum absolute atomic E-state index is 4.78. The molecule has 0 bridgehead atoms. The molecule has 0 saturated carbocycles. The van der Waals surface area contributed by atoms with E-state index in [2.05, 4.69) is 70.2 Å². The third-order valence-corrected chi connectivity index (χ3v) is 5.70. The zero-order chi connectivity index (χ0) is 19.1. The van der Waals surface area contributed by atoms with Gasteiger partial charge < -0.3 is 9.80 Å². The van der Waals surface area contributed by atoms with Crippen molar-refractivity contribution in [3.8, 4) is 0 Å². The second-order valence-corrected chi connectivity index (χ2v) is 7.60. The SMILES string of the molecule is CN=C(C(C1C=CN=CC1)N1CCN(C)CC1)N(C)CCc1ccccc1. The van der Waals surface area contributed by atoms with Crippen molar-refractivity contribution >= 4 is 12.1 Å². The van der Waals surface area contributed by atoms with Gasteiger partial charge in [0.25, 0.3) is 0 Å². The first kappa shape index (κ1) is 19.8. The number of likely N-dealkylation sites (N-methyl/N-ethyl adjacent to an activating group) is 2. The molecular weight excluding hydrogens is 334 g/mol. The highest BCUT2D eigenvalue weighted by Gasteiger charge is 2.33. The first-order valence-electron chi connectivity index (χ1n) is 10.0. The van der Waals surface area contributed by atoms with E-state index in [1.807, 2.05) is 19.5 Å². The number of hydrogen-bond acceptors (Lipinski definition) is 4. The smallest absolute Gasteiger partial charge is 0.116 e. The minimum Gasteiger partial charge on any atom is -0.362 e. The van der Waals surface area contributed by atoms with Gasteiger partial charge in [-0.25, -0.2) is 0 Å². The van der Waals surface area contributed by atoms with Crippen LogP contribution in [0.1, 0.15) is 12.0 Å². The quantitative estimate of drug-likeness (QED) is 0.572. The molecule has 5 heteroatoms. The Balaban J connectivity index is 1.73. The van der Waals surface area contributed by atoms with Crippen molar-refractivity contribution in [3.63, 3.8) is 0 Å². The van der Waals surface area contributed by atoms with Crippen molar-refractivity contribution in [1.29, 1.82) is 0 Å². The third-order valence-electron chi connectivity index (χ3n) is 5.70. The summed E-state index contributed by atoms with van der Waals surface area (Å²) in [6.45, 7) is 5.39. The Bertz CT molecular complexity index is 659. The van der Waals surface area contributed by atoms with Gasteiger partial charge in [-0.3, -0.25) is 14.9 Å². The molecule has 2 unspecified atom stereocenters. The molecule has 2 aliphatic heterocycles. The van der Waals surface area contributed by atoms with E-state index in [0.29, 0.717) is 12.0 Å². The predicted octanol–water partition coefficient (Wildman–Crippen LogP) is 2.41. The van der Waals surface area contributed by atoms with E-state index in [1.54, 1.807) is 0 Å². The zero-order valence-corrected chi connectivity index (χ0v) is 17.0. The van der Waals surface area contributed by atoms with Crippen molar-refractivity contribution in [1.82, 2.24) is 14.7 Å². The summed E-state index contributed by atoms with van der Waals surface area (Å²) in [4.78, 5) is 16.5. The molecule has 1 aromatic carbocycles. The molecule has 3 rings (SSSR count). The van der Waals surface area contributed by atoms with E-state index in [4.69, 9.17) is 4.99 Å². The Morgan fingerprint density at radius 2 is 1.96 bits per heavy atom. The molecule has 27 heavy (non-hydrogen) atoms. The Kier molecular flexibility index (Phi) is 7.18. The summed E-state index contributed by atoms with van der Waals surface area (Å²) in [6, 6.07) is 11.0. The summed E-state index contributed by atoms with van der Waals surface area (Å²) in [7, 11) is 6.34. The summed E-state index contributed by atoms with van der Waals surface area (Å²) >= 11 is 0. The zero-order valence-electron chi connectivity index (χ0n) is 17.0. The number of piperazine rings is 1. The lowest BCUT2D eigenvalue weighted by Crippen LogP contribution is -2.57. The van der Waals surface area contributed by atoms with Gasteiger partial charge in [0, 0.05) is 65.2 Å². The molecule has 146 valence electrons. The van der Waals surface area contributed by atoms with Crippen LogP contribution in [0.4, 0.5) is 0 Å². The molecule has 2 atom stereocenters. The van der Waals surface area contributed by atoms with Crippen LogP contribution in [0.25, 0.3) is 0 Å². The lowest BCUT2D eigenvalue weighted by Gasteiger charge is -2.43. The van der Waals surface area contributed by atoms with Gasteiger partial charge in [-0.1, -0.05) is 36.4 Å². The number of benzene rings is 1. The van der Waals surface area contributed by atoms with E-state index < -0.39 is 0 Å². The van der Waals surface area contributed by atoms with E-state index in [1.165, 1.54) is 11.4 Å². The Hall–Kier alpha value is -1.98. The van der Waals surface area contributed by atoms with E-state index in [0.717, 1.165) is 45.6 Å². The van der Waals surface area contributed by atoms with E-state index in [-0.39, 0.29) is 0 Å². The molecule has 2 aliphatic rings. The lowest BCUT2D eigenvalue weighted by molar-refractivity contribution is 0.116. The van der Waals surface area contributed by atoms with Gasteiger partial charge in [0.1, 0.15) is 5.84 Å². The molecule has 0 aromatic heterocycles. The summed E-state index contributed by atoms with van der Waals surface area (Å²) in [5.41, 5.74) is 1.38. The van der Waals surface area contributed by atoms with Crippen molar-refractivity contribution in [3.05, 3.63) is 48.2 Å². The highest BCUT2D eigenvalue weighted by atomic mass is 15.3. The standard InChI is InChI=1S/C22H33N5/c1-23-22(26(3)14-11-19-7-5-4-6-8-19)21(20-9-12-24-13-10-20)27-17-15-25(2)16-18-27/h4-9,12-13,20-21H,10-11,14-18H2,1-3H3. The first-order chi connectivity index (χ1) is 13.2. The Morgan fingerprint density at radius 1 is 1.22 bits per heavy atom. The normalized spacial score (nSPS) is 22.8. The third kappa shape index (κ3) is 5.27. The topological polar surface area (TPSA) is 34.4 Å². The fourth-order valence-corrected chi connectivity index (χ4v) is 4.03. The molecule has 1 fully saturated rings. The van der Waals surface area contributed by atoms with Crippen LogP contribution in [0.15, 0.2) is 52.6 Å². The van der Waals surface area contributed by atoms with Gasteiger partial charge in [0.2, 0.25) is 0 Å². The Morgan fingerprint density at radius 3 is 2.59 bits per heavy atom. The number of nitrogens with zero attached hydrogens (tertiary/aromatic N) is 5. The van der Waals surface area contributed by atoms with Crippen LogP contribution in [-0.2, 0) is 6.42 Å². The summed E-state index contributed by atoms with van der Waals surface area (Å²) in [5, 5.41) is 0. The van der Waals surface area contributed by atoms with Crippen molar-refractivity contribution in [2.45, 2.75) is 18.9 Å². The first-order valence-corrected chi connectivity index (χ1v) is 10.0. The second-order valence-electron chi connectivity index (χ2n) is 7.60. The molecule has 0 spiro atoms. The Labute approximate surface area is 164 Å². The summed E-state index contributed by atoms with van der Waals surface area (Å²) < 4.78 is 0. The monoisotopic (exact) mass is 367 g/mol. The number of rotatable bonds is 6. The second kappa shape index (κ2) is 9.81. The molecule has 5 nitrogen and oxygen atoms in total. The van der Waals surface area contributed by atoms with Crippen LogP contribution in [0.3, 0.4) is 0 Å². The minimum atomic E-state index is 0.312. The maximum atomic E-state index is 4.78. The predicted molar refractivity (Wildman–Crippen MR) is 115 cm³/mol.